The molecule has 1 aliphatic rings. The number of nitrogens with one attached hydrogen (secondary N) is 1. The SMILES string of the molecule is Cc1ncnc2c1ncn2-c1cccc(NC(=O)c2ccc3c(c2)OCO3)c1. The third-order valence-electron chi connectivity index (χ3n) is 4.53. The fraction of sp³-hybridized carbons (Fsp3) is 0.100. The number of nitrogens with zero attached hydrogens (tertiary/aromatic N) is 4. The first-order valence-corrected chi connectivity index (χ1v) is 8.65. The van der Waals surface area contributed by atoms with E-state index in [1.165, 1.54) is 6.33 Å². The van der Waals surface area contributed by atoms with Crippen molar-refractivity contribution in [3.05, 3.63) is 66.4 Å². The van der Waals surface area contributed by atoms with Crippen LogP contribution in [-0.2, 0) is 0 Å². The molecule has 8 heteroatoms. The zero-order valence-corrected chi connectivity index (χ0v) is 14.9. The minimum Gasteiger partial charge on any atom is -0.454 e. The molecule has 3 heterocycles. The molecular formula is C20H15N5O3. The lowest BCUT2D eigenvalue weighted by Crippen LogP contribution is -2.12. The molecule has 1 aliphatic heterocycles. The van der Waals surface area contributed by atoms with Gasteiger partial charge < -0.3 is 14.8 Å². The number of carbonyl (C=O) groups excluding carboxylic acids is 1. The summed E-state index contributed by atoms with van der Waals surface area (Å²) in [4.78, 5) is 25.5. The van der Waals surface area contributed by atoms with Gasteiger partial charge in [0.05, 0.1) is 11.4 Å². The Kier molecular flexibility index (Phi) is 3.68. The van der Waals surface area contributed by atoms with Crippen LogP contribution in [0.2, 0.25) is 0 Å². The number of aryl methyl sites for hydroxylation is 1. The summed E-state index contributed by atoms with van der Waals surface area (Å²) in [6, 6.07) is 12.6. The predicted molar refractivity (Wildman–Crippen MR) is 102 cm³/mol. The van der Waals surface area contributed by atoms with Gasteiger partial charge in [0, 0.05) is 11.3 Å². The van der Waals surface area contributed by atoms with Crippen LogP contribution in [0, 0.1) is 6.92 Å². The Balaban J connectivity index is 1.44. The molecule has 8 nitrogen and oxygen atoms in total. The second kappa shape index (κ2) is 6.34. The van der Waals surface area contributed by atoms with Crippen LogP contribution < -0.4 is 14.8 Å². The number of aromatic nitrogens is 4. The van der Waals surface area contributed by atoms with Crippen molar-refractivity contribution in [2.24, 2.45) is 0 Å². The first-order valence-electron chi connectivity index (χ1n) is 8.65. The summed E-state index contributed by atoms with van der Waals surface area (Å²) in [7, 11) is 0. The number of fused-ring (bicyclic) bond motifs is 2. The summed E-state index contributed by atoms with van der Waals surface area (Å²) in [5, 5.41) is 2.91. The average molecular weight is 373 g/mol. The van der Waals surface area contributed by atoms with Crippen LogP contribution in [0.15, 0.2) is 55.1 Å². The van der Waals surface area contributed by atoms with E-state index in [9.17, 15) is 4.79 Å². The highest BCUT2D eigenvalue weighted by atomic mass is 16.7. The molecule has 0 unspecified atom stereocenters. The van der Waals surface area contributed by atoms with E-state index in [0.717, 1.165) is 16.9 Å². The molecule has 0 spiro atoms. The second-order valence-corrected chi connectivity index (χ2v) is 6.32. The predicted octanol–water partition coefficient (Wildman–Crippen LogP) is 3.10. The van der Waals surface area contributed by atoms with Crippen LogP contribution >= 0.6 is 0 Å². The number of hydrogen-bond acceptors (Lipinski definition) is 6. The summed E-state index contributed by atoms with van der Waals surface area (Å²) in [5.41, 5.74) is 4.27. The second-order valence-electron chi connectivity index (χ2n) is 6.32. The van der Waals surface area contributed by atoms with Crippen molar-refractivity contribution >= 4 is 22.8 Å². The third kappa shape index (κ3) is 2.71. The first kappa shape index (κ1) is 16.2. The Morgan fingerprint density at radius 2 is 1.96 bits per heavy atom. The fourth-order valence-electron chi connectivity index (χ4n) is 3.12. The highest BCUT2D eigenvalue weighted by Gasteiger charge is 2.16. The first-order chi connectivity index (χ1) is 13.7. The lowest BCUT2D eigenvalue weighted by molar-refractivity contribution is 0.102. The summed E-state index contributed by atoms with van der Waals surface area (Å²) in [6.45, 7) is 2.06. The number of amides is 1. The van der Waals surface area contributed by atoms with E-state index in [-0.39, 0.29) is 12.7 Å². The van der Waals surface area contributed by atoms with Gasteiger partial charge in [-0.25, -0.2) is 15.0 Å². The normalized spacial score (nSPS) is 12.3. The van der Waals surface area contributed by atoms with Crippen molar-refractivity contribution in [2.45, 2.75) is 6.92 Å². The Bertz CT molecular complexity index is 1220. The topological polar surface area (TPSA) is 91.2 Å². The van der Waals surface area contributed by atoms with E-state index in [2.05, 4.69) is 20.3 Å². The zero-order valence-electron chi connectivity index (χ0n) is 14.9. The molecule has 1 amide bonds. The summed E-state index contributed by atoms with van der Waals surface area (Å²) < 4.78 is 12.5. The molecule has 2 aromatic heterocycles. The third-order valence-corrected chi connectivity index (χ3v) is 4.53. The van der Waals surface area contributed by atoms with Gasteiger partial charge in [0.1, 0.15) is 18.2 Å². The van der Waals surface area contributed by atoms with Crippen molar-refractivity contribution in [3.63, 3.8) is 0 Å². The smallest absolute Gasteiger partial charge is 0.255 e. The van der Waals surface area contributed by atoms with Crippen molar-refractivity contribution < 1.29 is 14.3 Å². The molecule has 28 heavy (non-hydrogen) atoms. The number of hydrogen-bond donors (Lipinski definition) is 1. The molecule has 0 bridgehead atoms. The van der Waals surface area contributed by atoms with Crippen LogP contribution in [0.5, 0.6) is 11.5 Å². The van der Waals surface area contributed by atoms with Gasteiger partial charge in [-0.3, -0.25) is 9.36 Å². The molecule has 4 aromatic rings. The summed E-state index contributed by atoms with van der Waals surface area (Å²) in [5.74, 6) is 0.980. The molecule has 0 radical (unpaired) electrons. The Morgan fingerprint density at radius 1 is 1.07 bits per heavy atom. The fourth-order valence-corrected chi connectivity index (χ4v) is 3.12. The van der Waals surface area contributed by atoms with Gasteiger partial charge >= 0.3 is 0 Å². The summed E-state index contributed by atoms with van der Waals surface area (Å²) >= 11 is 0. The van der Waals surface area contributed by atoms with Crippen LogP contribution in [-0.4, -0.2) is 32.2 Å². The minimum atomic E-state index is -0.232. The summed E-state index contributed by atoms with van der Waals surface area (Å²) in [6.07, 6.45) is 3.21. The van der Waals surface area contributed by atoms with Gasteiger partial charge in [0.2, 0.25) is 6.79 Å². The number of rotatable bonds is 3. The molecule has 0 atom stereocenters. The van der Waals surface area contributed by atoms with Gasteiger partial charge in [-0.1, -0.05) is 6.07 Å². The lowest BCUT2D eigenvalue weighted by atomic mass is 10.2. The molecule has 2 aromatic carbocycles. The number of ether oxygens (including phenoxy) is 2. The Hall–Kier alpha value is -3.94. The maximum atomic E-state index is 12.6. The van der Waals surface area contributed by atoms with E-state index in [1.807, 2.05) is 35.8 Å². The lowest BCUT2D eigenvalue weighted by Gasteiger charge is -2.09. The van der Waals surface area contributed by atoms with Crippen molar-refractivity contribution in [2.75, 3.05) is 12.1 Å². The van der Waals surface area contributed by atoms with Gasteiger partial charge in [0.15, 0.2) is 17.1 Å². The molecule has 138 valence electrons. The quantitative estimate of drug-likeness (QED) is 0.593. The highest BCUT2D eigenvalue weighted by molar-refractivity contribution is 6.04. The van der Waals surface area contributed by atoms with E-state index >= 15 is 0 Å². The average Bonchev–Trinajstić information content (AvgIpc) is 3.35. The van der Waals surface area contributed by atoms with E-state index < -0.39 is 0 Å². The van der Waals surface area contributed by atoms with E-state index in [4.69, 9.17) is 9.47 Å². The molecule has 5 rings (SSSR count). The maximum absolute atomic E-state index is 12.6. The largest absolute Gasteiger partial charge is 0.454 e. The monoisotopic (exact) mass is 373 g/mol. The Morgan fingerprint density at radius 3 is 2.89 bits per heavy atom. The Labute approximate surface area is 159 Å². The molecule has 0 saturated carbocycles. The zero-order chi connectivity index (χ0) is 19.1. The molecular weight excluding hydrogens is 358 g/mol. The standard InChI is InChI=1S/C20H15N5O3/c1-12-18-19(22-9-21-12)25(10-23-18)15-4-2-3-14(8-15)24-20(26)13-5-6-16-17(7-13)28-11-27-16/h2-10H,11H2,1H3,(H,24,26). The van der Waals surface area contributed by atoms with Crippen LogP contribution in [0.4, 0.5) is 5.69 Å². The van der Waals surface area contributed by atoms with Gasteiger partial charge in [0.25, 0.3) is 5.91 Å². The number of imidazole rings is 1. The van der Waals surface area contributed by atoms with Gasteiger partial charge in [-0.05, 0) is 43.3 Å². The highest BCUT2D eigenvalue weighted by Crippen LogP contribution is 2.32. The van der Waals surface area contributed by atoms with Crippen LogP contribution in [0.3, 0.4) is 0 Å². The van der Waals surface area contributed by atoms with Crippen LogP contribution in [0.25, 0.3) is 16.9 Å². The number of anilines is 1. The number of carbonyl (C=O) groups is 1. The van der Waals surface area contributed by atoms with Crippen LogP contribution in [0.1, 0.15) is 16.1 Å². The van der Waals surface area contributed by atoms with Gasteiger partial charge in [-0.15, -0.1) is 0 Å². The number of benzene rings is 2. The molecule has 0 saturated heterocycles. The van der Waals surface area contributed by atoms with Gasteiger partial charge in [-0.2, -0.15) is 0 Å². The molecule has 0 aliphatic carbocycles. The minimum absolute atomic E-state index is 0.171. The molecule has 0 fully saturated rings. The van der Waals surface area contributed by atoms with Crippen molar-refractivity contribution in [3.8, 4) is 17.2 Å². The van der Waals surface area contributed by atoms with E-state index in [0.29, 0.717) is 28.4 Å². The molecule has 1 N–H and O–H groups in total. The maximum Gasteiger partial charge on any atom is 0.255 e. The van der Waals surface area contributed by atoms with E-state index in [1.54, 1.807) is 24.5 Å². The van der Waals surface area contributed by atoms with Crippen molar-refractivity contribution in [1.82, 2.24) is 19.5 Å². The van der Waals surface area contributed by atoms with Crippen molar-refractivity contribution in [1.29, 1.82) is 0 Å².